The molecule has 1 atom stereocenters. The van der Waals surface area contributed by atoms with Crippen LogP contribution in [0.2, 0.25) is 0 Å². The van der Waals surface area contributed by atoms with Gasteiger partial charge in [0.2, 0.25) is 0 Å². The first-order valence-corrected chi connectivity index (χ1v) is 8.50. The molecule has 1 saturated heterocycles. The van der Waals surface area contributed by atoms with E-state index in [-0.39, 0.29) is 24.4 Å². The Balaban J connectivity index is 1.69. The lowest BCUT2D eigenvalue weighted by molar-refractivity contribution is -0.154. The van der Waals surface area contributed by atoms with E-state index in [1.807, 2.05) is 0 Å². The van der Waals surface area contributed by atoms with Crippen molar-refractivity contribution in [1.82, 2.24) is 20.2 Å². The molecule has 1 aromatic rings. The van der Waals surface area contributed by atoms with Gasteiger partial charge in [0.25, 0.3) is 11.8 Å². The zero-order valence-electron chi connectivity index (χ0n) is 14.2. The Morgan fingerprint density at radius 3 is 2.83 bits per heavy atom. The summed E-state index contributed by atoms with van der Waals surface area (Å²) >= 11 is 0. The molecule has 24 heavy (non-hydrogen) atoms. The van der Waals surface area contributed by atoms with Crippen LogP contribution in [-0.4, -0.2) is 58.0 Å². The molecule has 2 fully saturated rings. The lowest BCUT2D eigenvalue weighted by Crippen LogP contribution is -2.60. The molecule has 7 nitrogen and oxygen atoms in total. The number of rotatable bonds is 3. The maximum Gasteiger partial charge on any atom is 0.257 e. The number of nitrogens with one attached hydrogen (secondary N) is 1. The molecule has 1 aliphatic carbocycles. The Hall–Kier alpha value is -2.02. The Labute approximate surface area is 141 Å². The maximum absolute atomic E-state index is 12.7. The fraction of sp³-hybridized carbons (Fsp3) is 0.647. The molecule has 1 aromatic heterocycles. The smallest absolute Gasteiger partial charge is 0.257 e. The second-order valence-electron chi connectivity index (χ2n) is 6.78. The lowest BCUT2D eigenvalue weighted by Gasteiger charge is -2.39. The van der Waals surface area contributed by atoms with Crippen LogP contribution in [-0.2, 0) is 9.53 Å². The zero-order valence-corrected chi connectivity index (χ0v) is 14.2. The first-order chi connectivity index (χ1) is 11.5. The molecule has 0 aromatic carbocycles. The average Bonchev–Trinajstić information content (AvgIpc) is 3.08. The summed E-state index contributed by atoms with van der Waals surface area (Å²) in [6.07, 6.45) is 7.29. The number of hydrogen-bond acceptors (Lipinski definition) is 5. The van der Waals surface area contributed by atoms with Crippen molar-refractivity contribution in [3.05, 3.63) is 23.8 Å². The Morgan fingerprint density at radius 2 is 2.12 bits per heavy atom. The summed E-state index contributed by atoms with van der Waals surface area (Å²) in [6.45, 7) is 4.57. The van der Waals surface area contributed by atoms with Crippen molar-refractivity contribution < 1.29 is 14.3 Å². The Morgan fingerprint density at radius 1 is 1.38 bits per heavy atom. The number of carbonyl (C=O) groups is 2. The van der Waals surface area contributed by atoms with Crippen LogP contribution in [0.25, 0.3) is 0 Å². The maximum atomic E-state index is 12.7. The van der Waals surface area contributed by atoms with Crippen molar-refractivity contribution in [2.45, 2.75) is 51.2 Å². The highest BCUT2D eigenvalue weighted by molar-refractivity contribution is 5.96. The largest absolute Gasteiger partial charge is 0.362 e. The molecule has 7 heteroatoms. The minimum Gasteiger partial charge on any atom is -0.362 e. The van der Waals surface area contributed by atoms with Crippen molar-refractivity contribution in [3.63, 3.8) is 0 Å². The molecule has 1 saturated carbocycles. The molecule has 1 aliphatic heterocycles. The highest BCUT2D eigenvalue weighted by Gasteiger charge is 2.42. The summed E-state index contributed by atoms with van der Waals surface area (Å²) in [6, 6.07) is 0.230. The molecule has 2 amide bonds. The van der Waals surface area contributed by atoms with E-state index in [4.69, 9.17) is 4.74 Å². The quantitative estimate of drug-likeness (QED) is 0.895. The third-order valence-electron chi connectivity index (χ3n) is 4.87. The van der Waals surface area contributed by atoms with Gasteiger partial charge < -0.3 is 15.0 Å². The van der Waals surface area contributed by atoms with E-state index in [2.05, 4.69) is 15.3 Å². The number of aryl methyl sites for hydroxylation is 1. The number of morpholine rings is 1. The van der Waals surface area contributed by atoms with Crippen LogP contribution in [0.4, 0.5) is 0 Å². The zero-order chi connectivity index (χ0) is 17.2. The van der Waals surface area contributed by atoms with Crippen molar-refractivity contribution in [2.75, 3.05) is 19.7 Å². The Kier molecular flexibility index (Phi) is 4.80. The molecule has 0 unspecified atom stereocenters. The highest BCUT2D eigenvalue weighted by atomic mass is 16.5. The number of hydrogen-bond donors (Lipinski definition) is 1. The van der Waals surface area contributed by atoms with Gasteiger partial charge in [0.05, 0.1) is 24.4 Å². The molecule has 3 rings (SSSR count). The van der Waals surface area contributed by atoms with Gasteiger partial charge in [0.1, 0.15) is 6.33 Å². The second-order valence-corrected chi connectivity index (χ2v) is 6.78. The van der Waals surface area contributed by atoms with Crippen molar-refractivity contribution >= 4 is 11.8 Å². The third kappa shape index (κ3) is 3.40. The minimum atomic E-state index is -1.01. The van der Waals surface area contributed by atoms with Gasteiger partial charge in [0.15, 0.2) is 5.60 Å². The molecule has 0 radical (unpaired) electrons. The molecule has 2 aliphatic rings. The van der Waals surface area contributed by atoms with E-state index in [1.54, 1.807) is 18.7 Å². The first kappa shape index (κ1) is 16.8. The summed E-state index contributed by atoms with van der Waals surface area (Å²) in [5, 5.41) is 3.07. The summed E-state index contributed by atoms with van der Waals surface area (Å²) in [5.74, 6) is -0.288. The van der Waals surface area contributed by atoms with Gasteiger partial charge in [-0.05, 0) is 26.7 Å². The van der Waals surface area contributed by atoms with E-state index in [1.165, 1.54) is 12.5 Å². The van der Waals surface area contributed by atoms with Crippen LogP contribution in [0, 0.1) is 6.92 Å². The van der Waals surface area contributed by atoms with Crippen molar-refractivity contribution in [1.29, 1.82) is 0 Å². The molecular formula is C17H24N4O3. The number of nitrogens with zero attached hydrogens (tertiary/aromatic N) is 3. The number of carbonyl (C=O) groups excluding carboxylic acids is 2. The number of ether oxygens (including phenoxy) is 1. The molecule has 2 heterocycles. The van der Waals surface area contributed by atoms with Crippen LogP contribution >= 0.6 is 0 Å². The van der Waals surface area contributed by atoms with E-state index in [0.29, 0.717) is 24.4 Å². The van der Waals surface area contributed by atoms with Gasteiger partial charge in [-0.15, -0.1) is 0 Å². The predicted octanol–water partition coefficient (Wildman–Crippen LogP) is 1.07. The number of amides is 2. The molecule has 0 bridgehead atoms. The molecule has 0 spiro atoms. The fourth-order valence-corrected chi connectivity index (χ4v) is 3.36. The van der Waals surface area contributed by atoms with Crippen LogP contribution < -0.4 is 5.32 Å². The molecule has 130 valence electrons. The van der Waals surface area contributed by atoms with Gasteiger partial charge in [0, 0.05) is 18.8 Å². The van der Waals surface area contributed by atoms with E-state index in [0.717, 1.165) is 25.7 Å². The monoisotopic (exact) mass is 332 g/mol. The lowest BCUT2D eigenvalue weighted by atomic mass is 10.0. The predicted molar refractivity (Wildman–Crippen MR) is 87.4 cm³/mol. The summed E-state index contributed by atoms with van der Waals surface area (Å²) in [5.41, 5.74) is 0.0941. The summed E-state index contributed by atoms with van der Waals surface area (Å²) in [7, 11) is 0. The van der Waals surface area contributed by atoms with Crippen LogP contribution in [0.1, 0.15) is 48.7 Å². The van der Waals surface area contributed by atoms with E-state index >= 15 is 0 Å². The normalized spacial score (nSPS) is 24.8. The van der Waals surface area contributed by atoms with E-state index < -0.39 is 5.60 Å². The first-order valence-electron chi connectivity index (χ1n) is 8.50. The van der Waals surface area contributed by atoms with Crippen LogP contribution in [0.5, 0.6) is 0 Å². The van der Waals surface area contributed by atoms with Crippen molar-refractivity contribution in [2.24, 2.45) is 0 Å². The molecular weight excluding hydrogens is 308 g/mol. The van der Waals surface area contributed by atoms with Crippen LogP contribution in [0.15, 0.2) is 12.5 Å². The number of aromatic nitrogens is 2. The van der Waals surface area contributed by atoms with Gasteiger partial charge >= 0.3 is 0 Å². The summed E-state index contributed by atoms with van der Waals surface area (Å²) < 4.78 is 5.75. The Bertz CT molecular complexity index is 630. The van der Waals surface area contributed by atoms with Gasteiger partial charge in [-0.25, -0.2) is 9.97 Å². The highest BCUT2D eigenvalue weighted by Crippen LogP contribution is 2.23. The average molecular weight is 332 g/mol. The van der Waals surface area contributed by atoms with Crippen LogP contribution in [0.3, 0.4) is 0 Å². The SMILES string of the molecule is Cc1ncncc1C(=O)N1CCO[C@](C)(C(=O)NC2CCCC2)C1. The second kappa shape index (κ2) is 6.84. The van der Waals surface area contributed by atoms with Crippen molar-refractivity contribution in [3.8, 4) is 0 Å². The summed E-state index contributed by atoms with van der Waals surface area (Å²) in [4.78, 5) is 35.0. The molecule has 1 N–H and O–H groups in total. The van der Waals surface area contributed by atoms with Gasteiger partial charge in [-0.2, -0.15) is 0 Å². The van der Waals surface area contributed by atoms with Gasteiger partial charge in [-0.3, -0.25) is 9.59 Å². The van der Waals surface area contributed by atoms with Gasteiger partial charge in [-0.1, -0.05) is 12.8 Å². The standard InChI is InChI=1S/C17H24N4O3/c1-12-14(9-18-11-19-12)15(22)21-7-8-24-17(2,10-21)16(23)20-13-5-3-4-6-13/h9,11,13H,3-8,10H2,1-2H3,(H,20,23)/t17-/m0/s1. The topological polar surface area (TPSA) is 84.4 Å². The fourth-order valence-electron chi connectivity index (χ4n) is 3.36. The third-order valence-corrected chi connectivity index (χ3v) is 4.87. The van der Waals surface area contributed by atoms with E-state index in [9.17, 15) is 9.59 Å². The minimum absolute atomic E-state index is 0.132.